The van der Waals surface area contributed by atoms with Crippen LogP contribution in [-0.4, -0.2) is 30.9 Å². The molecule has 2 aliphatic rings. The van der Waals surface area contributed by atoms with E-state index in [0.29, 0.717) is 13.2 Å². The fourth-order valence-electron chi connectivity index (χ4n) is 3.22. The SMILES string of the molecule is CC1(C)OC[C@@H](CN2C(=O)c3cccc4cccc2c34)O1. The second-order valence-electron chi connectivity index (χ2n) is 6.05. The van der Waals surface area contributed by atoms with Crippen molar-refractivity contribution in [1.29, 1.82) is 0 Å². The summed E-state index contributed by atoms with van der Waals surface area (Å²) < 4.78 is 11.4. The Kier molecular flexibility index (Phi) is 2.62. The summed E-state index contributed by atoms with van der Waals surface area (Å²) in [5.41, 5.74) is 1.75. The van der Waals surface area contributed by atoms with Crippen LogP contribution in [0.4, 0.5) is 5.69 Å². The molecule has 108 valence electrons. The lowest BCUT2D eigenvalue weighted by Crippen LogP contribution is -2.36. The summed E-state index contributed by atoms with van der Waals surface area (Å²) in [6, 6.07) is 11.9. The highest BCUT2D eigenvalue weighted by atomic mass is 16.7. The first-order chi connectivity index (χ1) is 10.1. The third kappa shape index (κ3) is 1.94. The highest BCUT2D eigenvalue weighted by Crippen LogP contribution is 2.38. The van der Waals surface area contributed by atoms with Crippen LogP contribution in [0.15, 0.2) is 36.4 Å². The fraction of sp³-hybridized carbons (Fsp3) is 0.353. The van der Waals surface area contributed by atoms with Crippen LogP contribution < -0.4 is 4.90 Å². The summed E-state index contributed by atoms with van der Waals surface area (Å²) >= 11 is 0. The minimum atomic E-state index is -0.563. The molecule has 0 aromatic heterocycles. The van der Waals surface area contributed by atoms with Gasteiger partial charge in [0.05, 0.1) is 18.8 Å². The smallest absolute Gasteiger partial charge is 0.259 e. The first-order valence-electron chi connectivity index (χ1n) is 7.20. The van der Waals surface area contributed by atoms with Gasteiger partial charge in [0.2, 0.25) is 0 Å². The number of amides is 1. The van der Waals surface area contributed by atoms with E-state index in [-0.39, 0.29) is 12.0 Å². The van der Waals surface area contributed by atoms with Crippen molar-refractivity contribution in [3.8, 4) is 0 Å². The number of rotatable bonds is 2. The molecule has 0 spiro atoms. The van der Waals surface area contributed by atoms with E-state index in [1.165, 1.54) is 0 Å². The maximum Gasteiger partial charge on any atom is 0.259 e. The van der Waals surface area contributed by atoms with Gasteiger partial charge in [-0.05, 0) is 31.4 Å². The third-order valence-corrected chi connectivity index (χ3v) is 4.10. The maximum atomic E-state index is 12.7. The number of hydrogen-bond acceptors (Lipinski definition) is 3. The lowest BCUT2D eigenvalue weighted by Gasteiger charge is -2.22. The molecule has 2 aromatic rings. The zero-order valence-corrected chi connectivity index (χ0v) is 12.1. The Balaban J connectivity index is 1.70. The Morgan fingerprint density at radius 1 is 1.24 bits per heavy atom. The average Bonchev–Trinajstić information content (AvgIpc) is 2.94. The van der Waals surface area contributed by atoms with Crippen molar-refractivity contribution in [3.63, 3.8) is 0 Å². The van der Waals surface area contributed by atoms with Crippen molar-refractivity contribution in [3.05, 3.63) is 42.0 Å². The van der Waals surface area contributed by atoms with Gasteiger partial charge in [-0.1, -0.05) is 24.3 Å². The molecule has 2 heterocycles. The lowest BCUT2D eigenvalue weighted by molar-refractivity contribution is -0.137. The van der Waals surface area contributed by atoms with Crippen molar-refractivity contribution in [2.24, 2.45) is 0 Å². The molecule has 0 N–H and O–H groups in total. The normalized spacial score (nSPS) is 23.2. The van der Waals surface area contributed by atoms with Gasteiger partial charge in [0, 0.05) is 10.9 Å². The summed E-state index contributed by atoms with van der Waals surface area (Å²) in [4.78, 5) is 14.5. The number of hydrogen-bond donors (Lipinski definition) is 0. The Morgan fingerprint density at radius 2 is 2.00 bits per heavy atom. The minimum absolute atomic E-state index is 0.0510. The quantitative estimate of drug-likeness (QED) is 0.850. The van der Waals surface area contributed by atoms with E-state index in [1.807, 2.05) is 55.1 Å². The molecule has 1 atom stereocenters. The summed E-state index contributed by atoms with van der Waals surface area (Å²) in [5.74, 6) is -0.512. The molecule has 1 amide bonds. The molecule has 1 saturated heterocycles. The molecule has 4 nitrogen and oxygen atoms in total. The second-order valence-corrected chi connectivity index (χ2v) is 6.05. The zero-order valence-electron chi connectivity index (χ0n) is 12.1. The van der Waals surface area contributed by atoms with Gasteiger partial charge in [-0.2, -0.15) is 0 Å². The van der Waals surface area contributed by atoms with E-state index in [1.54, 1.807) is 0 Å². The van der Waals surface area contributed by atoms with Crippen molar-refractivity contribution in [2.75, 3.05) is 18.1 Å². The molecule has 0 radical (unpaired) electrons. The summed E-state index contributed by atoms with van der Waals surface area (Å²) in [6.07, 6.45) is -0.0893. The second kappa shape index (κ2) is 4.29. The van der Waals surface area contributed by atoms with Gasteiger partial charge in [-0.25, -0.2) is 0 Å². The van der Waals surface area contributed by atoms with E-state index in [2.05, 4.69) is 0 Å². The predicted molar refractivity (Wildman–Crippen MR) is 80.5 cm³/mol. The molecule has 4 heteroatoms. The molecular formula is C17H17NO3. The third-order valence-electron chi connectivity index (χ3n) is 4.10. The first kappa shape index (κ1) is 12.8. The van der Waals surface area contributed by atoms with Crippen LogP contribution in [0.1, 0.15) is 24.2 Å². The summed E-state index contributed by atoms with van der Waals surface area (Å²) in [5, 5.41) is 2.15. The van der Waals surface area contributed by atoms with E-state index >= 15 is 0 Å². The van der Waals surface area contributed by atoms with Gasteiger partial charge >= 0.3 is 0 Å². The molecular weight excluding hydrogens is 266 g/mol. The zero-order chi connectivity index (χ0) is 14.6. The van der Waals surface area contributed by atoms with Gasteiger partial charge in [0.25, 0.3) is 5.91 Å². The Morgan fingerprint density at radius 3 is 2.71 bits per heavy atom. The van der Waals surface area contributed by atoms with Crippen molar-refractivity contribution >= 4 is 22.4 Å². The van der Waals surface area contributed by atoms with Gasteiger partial charge in [0.1, 0.15) is 6.10 Å². The Hall–Kier alpha value is -1.91. The number of carbonyl (C=O) groups excluding carboxylic acids is 1. The number of benzene rings is 2. The van der Waals surface area contributed by atoms with E-state index in [0.717, 1.165) is 22.0 Å². The molecule has 0 unspecified atom stereocenters. The average molecular weight is 283 g/mol. The first-order valence-corrected chi connectivity index (χ1v) is 7.20. The summed E-state index contributed by atoms with van der Waals surface area (Å²) in [6.45, 7) is 4.84. The topological polar surface area (TPSA) is 38.8 Å². The van der Waals surface area contributed by atoms with Crippen LogP contribution in [-0.2, 0) is 9.47 Å². The largest absolute Gasteiger partial charge is 0.348 e. The number of anilines is 1. The molecule has 21 heavy (non-hydrogen) atoms. The lowest BCUT2D eigenvalue weighted by atomic mass is 10.1. The van der Waals surface area contributed by atoms with Gasteiger partial charge in [-0.15, -0.1) is 0 Å². The van der Waals surface area contributed by atoms with Crippen molar-refractivity contribution in [1.82, 2.24) is 0 Å². The maximum absolute atomic E-state index is 12.7. The number of nitrogens with zero attached hydrogens (tertiary/aromatic N) is 1. The van der Waals surface area contributed by atoms with E-state index in [4.69, 9.17) is 9.47 Å². The standard InChI is InChI=1S/C17H17NO3/c1-17(2)20-10-12(21-17)9-18-14-8-4-6-11-5-3-7-13(15(11)14)16(18)19/h3-8,12H,9-10H2,1-2H3/t12-/m1/s1. The molecule has 4 rings (SSSR count). The molecule has 1 fully saturated rings. The van der Waals surface area contributed by atoms with Gasteiger partial charge in [0.15, 0.2) is 5.79 Å². The molecule has 2 aromatic carbocycles. The van der Waals surface area contributed by atoms with Crippen molar-refractivity contribution in [2.45, 2.75) is 25.7 Å². The number of carbonyl (C=O) groups is 1. The highest BCUT2D eigenvalue weighted by molar-refractivity contribution is 6.25. The number of ether oxygens (including phenoxy) is 2. The molecule has 0 saturated carbocycles. The predicted octanol–water partition coefficient (Wildman–Crippen LogP) is 2.95. The van der Waals surface area contributed by atoms with Crippen LogP contribution >= 0.6 is 0 Å². The van der Waals surface area contributed by atoms with Crippen LogP contribution in [0.25, 0.3) is 10.8 Å². The minimum Gasteiger partial charge on any atom is -0.348 e. The molecule has 0 bridgehead atoms. The Bertz CT molecular complexity index is 733. The van der Waals surface area contributed by atoms with Crippen LogP contribution in [0.5, 0.6) is 0 Å². The van der Waals surface area contributed by atoms with Crippen LogP contribution in [0.3, 0.4) is 0 Å². The Labute approximate surface area is 123 Å². The molecule has 0 aliphatic carbocycles. The molecule has 2 aliphatic heterocycles. The summed E-state index contributed by atoms with van der Waals surface area (Å²) in [7, 11) is 0. The highest BCUT2D eigenvalue weighted by Gasteiger charge is 2.37. The van der Waals surface area contributed by atoms with Gasteiger partial charge < -0.3 is 14.4 Å². The van der Waals surface area contributed by atoms with Crippen molar-refractivity contribution < 1.29 is 14.3 Å². The van der Waals surface area contributed by atoms with E-state index in [9.17, 15) is 4.79 Å². The van der Waals surface area contributed by atoms with Gasteiger partial charge in [-0.3, -0.25) is 4.79 Å². The monoisotopic (exact) mass is 283 g/mol. The van der Waals surface area contributed by atoms with Crippen LogP contribution in [0, 0.1) is 0 Å². The van der Waals surface area contributed by atoms with E-state index < -0.39 is 5.79 Å². The van der Waals surface area contributed by atoms with Crippen LogP contribution in [0.2, 0.25) is 0 Å². The fourth-order valence-corrected chi connectivity index (χ4v) is 3.22.